The van der Waals surface area contributed by atoms with Crippen molar-refractivity contribution in [2.75, 3.05) is 13.2 Å². The lowest BCUT2D eigenvalue weighted by Gasteiger charge is -2.24. The largest absolute Gasteiger partial charge is 0.491 e. The van der Waals surface area contributed by atoms with Gasteiger partial charge in [-0.05, 0) is 46.2 Å². The van der Waals surface area contributed by atoms with Gasteiger partial charge >= 0.3 is 0 Å². The zero-order chi connectivity index (χ0) is 20.7. The Morgan fingerprint density at radius 1 is 0.964 bits per heavy atom. The van der Waals surface area contributed by atoms with Crippen LogP contribution in [0.2, 0.25) is 0 Å². The normalized spacial score (nSPS) is 17.4. The number of sulfone groups is 1. The number of ether oxygens (including phenoxy) is 2. The third kappa shape index (κ3) is 4.58. The fraction of sp³-hybridized carbons (Fsp3) is 0.478. The Hall–Kier alpha value is -1.85. The second kappa shape index (κ2) is 7.20. The molecule has 2 aromatic rings. The summed E-state index contributed by atoms with van der Waals surface area (Å²) in [6.45, 7) is 13.5. The lowest BCUT2D eigenvalue weighted by Crippen LogP contribution is -2.18. The van der Waals surface area contributed by atoms with E-state index in [1.807, 2.05) is 45.0 Å². The molecule has 28 heavy (non-hydrogen) atoms. The van der Waals surface area contributed by atoms with Gasteiger partial charge in [0.25, 0.3) is 0 Å². The summed E-state index contributed by atoms with van der Waals surface area (Å²) < 4.78 is 37.9. The Morgan fingerprint density at radius 3 is 2.07 bits per heavy atom. The molecule has 5 heteroatoms. The zero-order valence-corrected chi connectivity index (χ0v) is 18.4. The van der Waals surface area contributed by atoms with Crippen molar-refractivity contribution in [2.24, 2.45) is 0 Å². The highest BCUT2D eigenvalue weighted by Crippen LogP contribution is 2.35. The highest BCUT2D eigenvalue weighted by atomic mass is 32.2. The monoisotopic (exact) mass is 402 g/mol. The summed E-state index contributed by atoms with van der Waals surface area (Å²) in [6.07, 6.45) is 0.118. The Kier molecular flexibility index (Phi) is 5.36. The van der Waals surface area contributed by atoms with Crippen LogP contribution < -0.4 is 4.74 Å². The van der Waals surface area contributed by atoms with Gasteiger partial charge in [-0.25, -0.2) is 8.42 Å². The minimum Gasteiger partial charge on any atom is -0.491 e. The summed E-state index contributed by atoms with van der Waals surface area (Å²) in [7, 11) is -3.67. The van der Waals surface area contributed by atoms with Crippen LogP contribution in [0.15, 0.2) is 52.3 Å². The molecule has 152 valence electrons. The standard InChI is InChI=1S/C23H30O4S/c1-22(2,3)16-7-10-19(11-8-16)28(24,25)21-13-17(26-14-18-15-27-18)9-12-20(21)23(4,5)6/h7-13,18H,14-15H2,1-6H3. The van der Waals surface area contributed by atoms with E-state index in [2.05, 4.69) is 20.8 Å². The van der Waals surface area contributed by atoms with E-state index in [0.717, 1.165) is 11.1 Å². The van der Waals surface area contributed by atoms with Gasteiger partial charge in [0, 0.05) is 0 Å². The first-order valence-corrected chi connectivity index (χ1v) is 11.1. The molecule has 0 saturated carbocycles. The predicted octanol–water partition coefficient (Wildman–Crippen LogP) is 4.89. The number of epoxide rings is 1. The molecule has 0 bridgehead atoms. The van der Waals surface area contributed by atoms with Gasteiger partial charge in [-0.2, -0.15) is 0 Å². The van der Waals surface area contributed by atoms with Gasteiger partial charge in [0.05, 0.1) is 16.4 Å². The highest BCUT2D eigenvalue weighted by Gasteiger charge is 2.29. The SMILES string of the molecule is CC(C)(C)c1ccc(S(=O)(=O)c2cc(OCC3CO3)ccc2C(C)(C)C)cc1. The first-order valence-electron chi connectivity index (χ1n) is 9.63. The Morgan fingerprint density at radius 2 is 1.57 bits per heavy atom. The summed E-state index contributed by atoms with van der Waals surface area (Å²) in [5.41, 5.74) is 1.54. The van der Waals surface area contributed by atoms with Crippen molar-refractivity contribution >= 4 is 9.84 Å². The average molecular weight is 403 g/mol. The summed E-state index contributed by atoms with van der Waals surface area (Å²) in [6, 6.07) is 12.5. The van der Waals surface area contributed by atoms with Gasteiger partial charge in [-0.3, -0.25) is 0 Å². The second-order valence-electron chi connectivity index (χ2n) is 9.45. The molecule has 0 aromatic heterocycles. The van der Waals surface area contributed by atoms with Crippen LogP contribution in [0, 0.1) is 0 Å². The number of hydrogen-bond acceptors (Lipinski definition) is 4. The Balaban J connectivity index is 2.03. The van der Waals surface area contributed by atoms with Crippen molar-refractivity contribution in [2.45, 2.75) is 68.3 Å². The molecule has 1 unspecified atom stereocenters. The first-order chi connectivity index (χ1) is 12.9. The molecule has 2 aromatic carbocycles. The van der Waals surface area contributed by atoms with Gasteiger partial charge < -0.3 is 9.47 Å². The second-order valence-corrected chi connectivity index (χ2v) is 11.4. The van der Waals surface area contributed by atoms with E-state index in [1.165, 1.54) is 0 Å². The quantitative estimate of drug-likeness (QED) is 0.668. The van der Waals surface area contributed by atoms with Crippen LogP contribution in [0.25, 0.3) is 0 Å². The lowest BCUT2D eigenvalue weighted by atomic mass is 9.87. The van der Waals surface area contributed by atoms with Gasteiger partial charge in [0.2, 0.25) is 9.84 Å². The topological polar surface area (TPSA) is 55.9 Å². The number of hydrogen-bond donors (Lipinski definition) is 0. The van der Waals surface area contributed by atoms with Crippen LogP contribution in [0.5, 0.6) is 5.75 Å². The van der Waals surface area contributed by atoms with Crippen molar-refractivity contribution in [3.63, 3.8) is 0 Å². The van der Waals surface area contributed by atoms with E-state index in [4.69, 9.17) is 9.47 Å². The van der Waals surface area contributed by atoms with Crippen LogP contribution >= 0.6 is 0 Å². The van der Waals surface area contributed by atoms with E-state index >= 15 is 0 Å². The molecule has 1 aliphatic heterocycles. The van der Waals surface area contributed by atoms with Crippen molar-refractivity contribution < 1.29 is 17.9 Å². The maximum Gasteiger partial charge on any atom is 0.207 e. The van der Waals surface area contributed by atoms with Gasteiger partial charge in [0.1, 0.15) is 18.5 Å². The summed E-state index contributed by atoms with van der Waals surface area (Å²) in [5, 5.41) is 0. The number of rotatable bonds is 5. The fourth-order valence-electron chi connectivity index (χ4n) is 3.05. The Bertz CT molecular complexity index is 942. The number of benzene rings is 2. The molecule has 0 radical (unpaired) electrons. The van der Waals surface area contributed by atoms with Crippen LogP contribution in [0.3, 0.4) is 0 Å². The summed E-state index contributed by atoms with van der Waals surface area (Å²) >= 11 is 0. The third-order valence-electron chi connectivity index (χ3n) is 4.92. The van der Waals surface area contributed by atoms with Crippen LogP contribution in [-0.2, 0) is 25.4 Å². The average Bonchev–Trinajstić information content (AvgIpc) is 3.42. The van der Waals surface area contributed by atoms with E-state index in [-0.39, 0.29) is 16.9 Å². The van der Waals surface area contributed by atoms with Crippen molar-refractivity contribution in [1.82, 2.24) is 0 Å². The minimum absolute atomic E-state index is 0.0303. The molecule has 4 nitrogen and oxygen atoms in total. The van der Waals surface area contributed by atoms with Gasteiger partial charge in [0.15, 0.2) is 0 Å². The van der Waals surface area contributed by atoms with Crippen molar-refractivity contribution in [1.29, 1.82) is 0 Å². The van der Waals surface area contributed by atoms with Crippen molar-refractivity contribution in [3.8, 4) is 5.75 Å². The predicted molar refractivity (Wildman–Crippen MR) is 111 cm³/mol. The van der Waals surface area contributed by atoms with Crippen LogP contribution in [-0.4, -0.2) is 27.7 Å². The first kappa shape index (κ1) is 20.9. The van der Waals surface area contributed by atoms with Crippen molar-refractivity contribution in [3.05, 3.63) is 53.6 Å². The molecule has 0 spiro atoms. The molecule has 1 atom stereocenters. The molecular formula is C23H30O4S. The summed E-state index contributed by atoms with van der Waals surface area (Å²) in [4.78, 5) is 0.603. The molecule has 1 aliphatic rings. The van der Waals surface area contributed by atoms with Gasteiger partial charge in [-0.15, -0.1) is 0 Å². The molecule has 1 fully saturated rings. The lowest BCUT2D eigenvalue weighted by molar-refractivity contribution is 0.262. The minimum atomic E-state index is -3.67. The zero-order valence-electron chi connectivity index (χ0n) is 17.6. The molecular weight excluding hydrogens is 372 g/mol. The van der Waals surface area contributed by atoms with E-state index in [9.17, 15) is 8.42 Å². The van der Waals surface area contributed by atoms with E-state index in [0.29, 0.717) is 28.8 Å². The fourth-order valence-corrected chi connectivity index (χ4v) is 4.73. The molecule has 1 heterocycles. The molecule has 0 aliphatic carbocycles. The molecule has 0 N–H and O–H groups in total. The highest BCUT2D eigenvalue weighted by molar-refractivity contribution is 7.91. The molecule has 3 rings (SSSR count). The molecule has 1 saturated heterocycles. The van der Waals surface area contributed by atoms with Crippen LogP contribution in [0.1, 0.15) is 52.7 Å². The van der Waals surface area contributed by atoms with E-state index in [1.54, 1.807) is 18.2 Å². The summed E-state index contributed by atoms with van der Waals surface area (Å²) in [5.74, 6) is 0.549. The molecule has 0 amide bonds. The van der Waals surface area contributed by atoms with Crippen LogP contribution in [0.4, 0.5) is 0 Å². The maximum absolute atomic E-state index is 13.5. The van der Waals surface area contributed by atoms with E-state index < -0.39 is 9.84 Å². The third-order valence-corrected chi connectivity index (χ3v) is 6.73. The smallest absolute Gasteiger partial charge is 0.207 e. The Labute approximate surface area is 168 Å². The van der Waals surface area contributed by atoms with Gasteiger partial charge in [-0.1, -0.05) is 59.7 Å². The maximum atomic E-state index is 13.5.